The third kappa shape index (κ3) is 3.46. The maximum absolute atomic E-state index is 12.4. The molecule has 0 fully saturated rings. The molecule has 2 aromatic rings. The zero-order valence-electron chi connectivity index (χ0n) is 11.8. The third-order valence-corrected chi connectivity index (χ3v) is 4.40. The lowest BCUT2D eigenvalue weighted by atomic mass is 10.1. The Labute approximate surface area is 124 Å². The van der Waals surface area contributed by atoms with E-state index < -0.39 is 10.0 Å². The monoisotopic (exact) mass is 304 g/mol. The van der Waals surface area contributed by atoms with Crippen molar-refractivity contribution in [3.8, 4) is 0 Å². The zero-order valence-corrected chi connectivity index (χ0v) is 12.6. The van der Waals surface area contributed by atoms with Gasteiger partial charge in [-0.25, -0.2) is 8.42 Å². The largest absolute Gasteiger partial charge is 0.294 e. The Morgan fingerprint density at radius 2 is 2.00 bits per heavy atom. The fraction of sp³-hybridized carbons (Fsp3) is 0.200. The topological polar surface area (TPSA) is 76.1 Å². The molecule has 0 spiro atoms. The minimum atomic E-state index is -3.74. The van der Waals surface area contributed by atoms with E-state index in [1.807, 2.05) is 0 Å². The summed E-state index contributed by atoms with van der Waals surface area (Å²) in [5.74, 6) is -0.0930. The Morgan fingerprint density at radius 1 is 1.24 bits per heavy atom. The summed E-state index contributed by atoms with van der Waals surface area (Å²) in [6, 6.07) is 9.32. The minimum Gasteiger partial charge on any atom is -0.294 e. The number of sulfonamides is 1. The van der Waals surface area contributed by atoms with Gasteiger partial charge in [-0.15, -0.1) is 0 Å². The summed E-state index contributed by atoms with van der Waals surface area (Å²) in [5, 5.41) is 0. The number of hydrogen-bond donors (Lipinski definition) is 1. The van der Waals surface area contributed by atoms with Crippen molar-refractivity contribution < 1.29 is 13.2 Å². The molecule has 0 amide bonds. The van der Waals surface area contributed by atoms with Gasteiger partial charge >= 0.3 is 0 Å². The number of aromatic nitrogens is 1. The second-order valence-corrected chi connectivity index (χ2v) is 6.23. The standard InChI is InChI=1S/C15H16N2O3S/c1-3-15(18)12-6-4-7-13(10-12)21(19,20)17-14-8-5-9-16-11(14)2/h4-10,17H,3H2,1-2H3. The molecule has 6 heteroatoms. The van der Waals surface area contributed by atoms with E-state index in [9.17, 15) is 13.2 Å². The van der Waals surface area contributed by atoms with Gasteiger partial charge in [0.05, 0.1) is 16.3 Å². The molecule has 1 heterocycles. The first kappa shape index (κ1) is 15.2. The maximum atomic E-state index is 12.4. The number of nitrogens with zero attached hydrogens (tertiary/aromatic N) is 1. The molecule has 110 valence electrons. The number of hydrogen-bond acceptors (Lipinski definition) is 4. The molecule has 2 rings (SSSR count). The van der Waals surface area contributed by atoms with Gasteiger partial charge in [-0.2, -0.15) is 0 Å². The summed E-state index contributed by atoms with van der Waals surface area (Å²) in [4.78, 5) is 15.8. The Hall–Kier alpha value is -2.21. The lowest BCUT2D eigenvalue weighted by Crippen LogP contribution is -2.14. The second-order valence-electron chi connectivity index (χ2n) is 4.55. The van der Waals surface area contributed by atoms with Gasteiger partial charge in [0, 0.05) is 18.2 Å². The average molecular weight is 304 g/mol. The van der Waals surface area contributed by atoms with Crippen molar-refractivity contribution in [1.29, 1.82) is 0 Å². The number of carbonyl (C=O) groups is 1. The normalized spacial score (nSPS) is 11.1. The maximum Gasteiger partial charge on any atom is 0.261 e. The van der Waals surface area contributed by atoms with Gasteiger partial charge < -0.3 is 0 Å². The molecule has 0 radical (unpaired) electrons. The van der Waals surface area contributed by atoms with E-state index in [-0.39, 0.29) is 10.7 Å². The van der Waals surface area contributed by atoms with Crippen LogP contribution in [-0.2, 0) is 10.0 Å². The first-order valence-electron chi connectivity index (χ1n) is 6.51. The fourth-order valence-electron chi connectivity index (χ4n) is 1.84. The predicted octanol–water partition coefficient (Wildman–Crippen LogP) is 2.78. The molecule has 5 nitrogen and oxygen atoms in total. The van der Waals surface area contributed by atoms with Gasteiger partial charge in [0.25, 0.3) is 10.0 Å². The highest BCUT2D eigenvalue weighted by Gasteiger charge is 2.17. The lowest BCUT2D eigenvalue weighted by Gasteiger charge is -2.10. The van der Waals surface area contributed by atoms with Crippen molar-refractivity contribution >= 4 is 21.5 Å². The molecule has 0 aliphatic carbocycles. The van der Waals surface area contributed by atoms with Crippen molar-refractivity contribution in [2.45, 2.75) is 25.2 Å². The Balaban J connectivity index is 2.36. The van der Waals surface area contributed by atoms with Crippen LogP contribution in [0.3, 0.4) is 0 Å². The van der Waals surface area contributed by atoms with Crippen molar-refractivity contribution in [1.82, 2.24) is 4.98 Å². The average Bonchev–Trinajstić information content (AvgIpc) is 2.49. The van der Waals surface area contributed by atoms with E-state index in [1.165, 1.54) is 12.1 Å². The quantitative estimate of drug-likeness (QED) is 0.862. The molecular formula is C15H16N2O3S. The summed E-state index contributed by atoms with van der Waals surface area (Å²) in [5.41, 5.74) is 1.40. The predicted molar refractivity (Wildman–Crippen MR) is 80.8 cm³/mol. The van der Waals surface area contributed by atoms with E-state index in [4.69, 9.17) is 0 Å². The number of aryl methyl sites for hydroxylation is 1. The number of Topliss-reactive ketones (excluding diaryl/α,β-unsaturated/α-hetero) is 1. The number of anilines is 1. The molecule has 0 unspecified atom stereocenters. The molecule has 0 saturated heterocycles. The SMILES string of the molecule is CCC(=O)c1cccc(S(=O)(=O)Nc2cccnc2C)c1. The molecule has 21 heavy (non-hydrogen) atoms. The van der Waals surface area contributed by atoms with E-state index in [2.05, 4.69) is 9.71 Å². The molecule has 1 aromatic heterocycles. The van der Waals surface area contributed by atoms with Crippen LogP contribution in [0.25, 0.3) is 0 Å². The fourth-order valence-corrected chi connectivity index (χ4v) is 3.00. The number of nitrogens with one attached hydrogen (secondary N) is 1. The number of carbonyl (C=O) groups excluding carboxylic acids is 1. The van der Waals surface area contributed by atoms with E-state index in [1.54, 1.807) is 44.3 Å². The van der Waals surface area contributed by atoms with Crippen molar-refractivity contribution in [3.63, 3.8) is 0 Å². The summed E-state index contributed by atoms with van der Waals surface area (Å²) in [6.45, 7) is 3.45. The van der Waals surface area contributed by atoms with Crippen LogP contribution in [0.1, 0.15) is 29.4 Å². The van der Waals surface area contributed by atoms with Crippen LogP contribution in [0.15, 0.2) is 47.5 Å². The van der Waals surface area contributed by atoms with Crippen LogP contribution >= 0.6 is 0 Å². The molecule has 1 N–H and O–H groups in total. The summed E-state index contributed by atoms with van der Waals surface area (Å²) in [6.07, 6.45) is 1.92. The highest BCUT2D eigenvalue weighted by atomic mass is 32.2. The first-order chi connectivity index (χ1) is 9.94. The second kappa shape index (κ2) is 6.05. The Kier molecular flexibility index (Phi) is 4.37. The van der Waals surface area contributed by atoms with E-state index in [0.29, 0.717) is 23.4 Å². The smallest absolute Gasteiger partial charge is 0.261 e. The van der Waals surface area contributed by atoms with Gasteiger partial charge in [-0.1, -0.05) is 19.1 Å². The molecule has 0 saturated carbocycles. The molecule has 0 aliphatic heterocycles. The van der Waals surface area contributed by atoms with Gasteiger partial charge in [0.1, 0.15) is 0 Å². The third-order valence-electron chi connectivity index (χ3n) is 3.04. The number of pyridine rings is 1. The van der Waals surface area contributed by atoms with Crippen LogP contribution < -0.4 is 4.72 Å². The van der Waals surface area contributed by atoms with Gasteiger partial charge in [0.2, 0.25) is 0 Å². The van der Waals surface area contributed by atoms with Crippen LogP contribution in [0.2, 0.25) is 0 Å². The highest BCUT2D eigenvalue weighted by molar-refractivity contribution is 7.92. The number of benzene rings is 1. The van der Waals surface area contributed by atoms with E-state index >= 15 is 0 Å². The van der Waals surface area contributed by atoms with E-state index in [0.717, 1.165) is 0 Å². The minimum absolute atomic E-state index is 0.0602. The molecule has 0 aliphatic rings. The van der Waals surface area contributed by atoms with Crippen LogP contribution in [-0.4, -0.2) is 19.2 Å². The molecule has 1 aromatic carbocycles. The molecule has 0 atom stereocenters. The van der Waals surface area contributed by atoms with Crippen molar-refractivity contribution in [2.75, 3.05) is 4.72 Å². The van der Waals surface area contributed by atoms with Crippen LogP contribution in [0, 0.1) is 6.92 Å². The lowest BCUT2D eigenvalue weighted by molar-refractivity contribution is 0.0988. The Morgan fingerprint density at radius 3 is 2.67 bits per heavy atom. The van der Waals surface area contributed by atoms with Gasteiger partial charge in [-0.3, -0.25) is 14.5 Å². The number of rotatable bonds is 5. The summed E-state index contributed by atoms with van der Waals surface area (Å²) < 4.78 is 27.2. The van der Waals surface area contributed by atoms with Gasteiger partial charge in [0.15, 0.2) is 5.78 Å². The van der Waals surface area contributed by atoms with Crippen molar-refractivity contribution in [3.05, 3.63) is 53.9 Å². The summed E-state index contributed by atoms with van der Waals surface area (Å²) >= 11 is 0. The van der Waals surface area contributed by atoms with Crippen LogP contribution in [0.5, 0.6) is 0 Å². The van der Waals surface area contributed by atoms with Crippen molar-refractivity contribution in [2.24, 2.45) is 0 Å². The molecular weight excluding hydrogens is 288 g/mol. The first-order valence-corrected chi connectivity index (χ1v) is 8.00. The summed E-state index contributed by atoms with van der Waals surface area (Å²) in [7, 11) is -3.74. The zero-order chi connectivity index (χ0) is 15.5. The van der Waals surface area contributed by atoms with Gasteiger partial charge in [-0.05, 0) is 31.2 Å². The Bertz CT molecular complexity index is 770. The highest BCUT2D eigenvalue weighted by Crippen LogP contribution is 2.19. The number of ketones is 1. The molecule has 0 bridgehead atoms. The van der Waals surface area contributed by atoms with Crippen LogP contribution in [0.4, 0.5) is 5.69 Å².